The van der Waals surface area contributed by atoms with Gasteiger partial charge in [0.05, 0.1) is 10.5 Å². The van der Waals surface area contributed by atoms with E-state index in [4.69, 9.17) is 5.11 Å². The molecule has 9 heteroatoms. The van der Waals surface area contributed by atoms with Gasteiger partial charge in [0, 0.05) is 35.4 Å². The quantitative estimate of drug-likeness (QED) is 0.863. The normalized spacial score (nSPS) is 18.1. The van der Waals surface area contributed by atoms with Crippen LogP contribution in [0.4, 0.5) is 4.39 Å². The first-order valence-corrected chi connectivity index (χ1v) is 8.63. The van der Waals surface area contributed by atoms with Crippen molar-refractivity contribution in [2.45, 2.75) is 4.90 Å². The number of hydrogen-bond acceptors (Lipinski definition) is 4. The molecular weight excluding hydrogens is 309 g/mol. The van der Waals surface area contributed by atoms with Crippen LogP contribution in [0.3, 0.4) is 0 Å². The van der Waals surface area contributed by atoms with Crippen LogP contribution in [0.1, 0.15) is 10.4 Å². The predicted molar refractivity (Wildman–Crippen MR) is 70.0 cm³/mol. The lowest BCUT2D eigenvalue weighted by Gasteiger charge is -2.26. The van der Waals surface area contributed by atoms with E-state index < -0.39 is 43.1 Å². The molecule has 1 heterocycles. The highest BCUT2D eigenvalue weighted by atomic mass is 32.2. The summed E-state index contributed by atoms with van der Waals surface area (Å²) in [5, 5.41) is 9.01. The second kappa shape index (κ2) is 5.58. The lowest BCUT2D eigenvalue weighted by molar-refractivity contribution is 0.0692. The van der Waals surface area contributed by atoms with Gasteiger partial charge in [0.25, 0.3) is 0 Å². The van der Waals surface area contributed by atoms with Crippen LogP contribution >= 0.6 is 0 Å². The number of sulfonamides is 1. The average Bonchev–Trinajstić information content (AvgIpc) is 2.38. The third-order valence-electron chi connectivity index (χ3n) is 2.93. The van der Waals surface area contributed by atoms with Crippen LogP contribution in [0.2, 0.25) is 0 Å². The summed E-state index contributed by atoms with van der Waals surface area (Å²) in [5.41, 5.74) is -0.474. The maximum Gasteiger partial charge on any atom is 0.337 e. The molecule has 1 aromatic carbocycles. The van der Waals surface area contributed by atoms with Crippen molar-refractivity contribution in [3.63, 3.8) is 0 Å². The molecule has 1 saturated heterocycles. The van der Waals surface area contributed by atoms with Gasteiger partial charge in [0.2, 0.25) is 10.0 Å². The molecule has 0 aliphatic carbocycles. The highest BCUT2D eigenvalue weighted by Crippen LogP contribution is 2.22. The highest BCUT2D eigenvalue weighted by molar-refractivity contribution is 7.89. The van der Waals surface area contributed by atoms with Crippen molar-refractivity contribution in [3.8, 4) is 0 Å². The molecule has 0 amide bonds. The second-order valence-corrected chi connectivity index (χ2v) is 7.80. The van der Waals surface area contributed by atoms with Crippen molar-refractivity contribution in [2.24, 2.45) is 0 Å². The van der Waals surface area contributed by atoms with Crippen molar-refractivity contribution in [1.29, 1.82) is 0 Å². The predicted octanol–water partition coefficient (Wildman–Crippen LogP) is 0.277. The first kappa shape index (κ1) is 15.1. The zero-order chi connectivity index (χ0) is 14.9. The monoisotopic (exact) mass is 321 g/mol. The van der Waals surface area contributed by atoms with E-state index in [9.17, 15) is 21.8 Å². The fraction of sp³-hybridized carbons (Fsp3) is 0.364. The van der Waals surface area contributed by atoms with Crippen LogP contribution < -0.4 is 0 Å². The van der Waals surface area contributed by atoms with Gasteiger partial charge in [-0.05, 0) is 18.2 Å². The van der Waals surface area contributed by atoms with Crippen LogP contribution in [0.5, 0.6) is 0 Å². The van der Waals surface area contributed by atoms with Gasteiger partial charge in [-0.2, -0.15) is 4.31 Å². The van der Waals surface area contributed by atoms with Crippen LogP contribution in [-0.4, -0.2) is 52.6 Å². The van der Waals surface area contributed by atoms with Crippen molar-refractivity contribution in [2.75, 3.05) is 24.6 Å². The number of halogens is 1. The molecular formula is C11H12FNO5S2. The molecule has 1 N–H and O–H groups in total. The fourth-order valence-corrected chi connectivity index (χ4v) is 4.81. The molecule has 0 bridgehead atoms. The minimum Gasteiger partial charge on any atom is -0.478 e. The molecule has 0 atom stereocenters. The van der Waals surface area contributed by atoms with Crippen LogP contribution in [-0.2, 0) is 20.8 Å². The largest absolute Gasteiger partial charge is 0.478 e. The summed E-state index contributed by atoms with van der Waals surface area (Å²) in [4.78, 5) is 10.5. The Morgan fingerprint density at radius 3 is 2.45 bits per heavy atom. The molecule has 6 nitrogen and oxygen atoms in total. The minimum atomic E-state index is -4.11. The maximum atomic E-state index is 13.2. The van der Waals surface area contributed by atoms with Gasteiger partial charge < -0.3 is 5.11 Å². The van der Waals surface area contributed by atoms with Crippen molar-refractivity contribution in [3.05, 3.63) is 29.6 Å². The van der Waals surface area contributed by atoms with E-state index in [0.29, 0.717) is 6.07 Å². The van der Waals surface area contributed by atoms with Gasteiger partial charge in [-0.3, -0.25) is 4.21 Å². The Hall–Kier alpha value is -1.32. The third-order valence-corrected chi connectivity index (χ3v) is 6.14. The minimum absolute atomic E-state index is 0.0323. The second-order valence-electron chi connectivity index (χ2n) is 4.20. The van der Waals surface area contributed by atoms with Gasteiger partial charge >= 0.3 is 5.97 Å². The highest BCUT2D eigenvalue weighted by Gasteiger charge is 2.31. The molecule has 0 saturated carbocycles. The van der Waals surface area contributed by atoms with Gasteiger partial charge in [0.15, 0.2) is 0 Å². The molecule has 0 unspecified atom stereocenters. The smallest absolute Gasteiger partial charge is 0.337 e. The van der Waals surface area contributed by atoms with Crippen LogP contribution in [0.25, 0.3) is 0 Å². The van der Waals surface area contributed by atoms with E-state index in [0.717, 1.165) is 16.4 Å². The Morgan fingerprint density at radius 2 is 1.90 bits per heavy atom. The Morgan fingerprint density at radius 1 is 1.30 bits per heavy atom. The van der Waals surface area contributed by atoms with Gasteiger partial charge in [0.1, 0.15) is 5.82 Å². The molecule has 2 rings (SSSR count). The SMILES string of the molecule is O=C(O)c1ccc(F)cc1S(=O)(=O)N1CCS(=O)CC1. The standard InChI is InChI=1S/C11H12FNO5S2/c12-8-1-2-9(11(14)15)10(7-8)20(17,18)13-3-5-19(16)6-4-13/h1-2,7H,3-6H2,(H,14,15). The molecule has 1 aliphatic rings. The Bertz CT molecular complexity index is 663. The van der Waals surface area contributed by atoms with E-state index in [2.05, 4.69) is 0 Å². The Balaban J connectivity index is 2.46. The Labute approximate surface area is 117 Å². The number of hydrogen-bond donors (Lipinski definition) is 1. The number of rotatable bonds is 3. The summed E-state index contributed by atoms with van der Waals surface area (Å²) in [6, 6.07) is 2.52. The lowest BCUT2D eigenvalue weighted by atomic mass is 10.2. The first-order valence-electron chi connectivity index (χ1n) is 5.70. The number of carbonyl (C=O) groups is 1. The summed E-state index contributed by atoms with van der Waals surface area (Å²) < 4.78 is 50.3. The number of carboxylic acids is 1. The molecule has 1 fully saturated rings. The summed E-state index contributed by atoms with van der Waals surface area (Å²) in [6.07, 6.45) is 0. The third kappa shape index (κ3) is 2.89. The van der Waals surface area contributed by atoms with Crippen LogP contribution in [0.15, 0.2) is 23.1 Å². The van der Waals surface area contributed by atoms with E-state index in [1.54, 1.807) is 0 Å². The van der Waals surface area contributed by atoms with Crippen LogP contribution in [0, 0.1) is 5.82 Å². The zero-order valence-corrected chi connectivity index (χ0v) is 11.9. The molecule has 0 aromatic heterocycles. The number of aromatic carboxylic acids is 1. The van der Waals surface area contributed by atoms with Crippen molar-refractivity contribution >= 4 is 26.8 Å². The van der Waals surface area contributed by atoms with Gasteiger partial charge in [-0.15, -0.1) is 0 Å². The summed E-state index contributed by atoms with van der Waals surface area (Å²) in [6.45, 7) is 0.0645. The summed E-state index contributed by atoms with van der Waals surface area (Å²) >= 11 is 0. The molecule has 0 spiro atoms. The summed E-state index contributed by atoms with van der Waals surface area (Å²) in [5.74, 6) is -1.88. The van der Waals surface area contributed by atoms with E-state index >= 15 is 0 Å². The number of nitrogens with zero attached hydrogens (tertiary/aromatic N) is 1. The molecule has 0 radical (unpaired) electrons. The molecule has 1 aliphatic heterocycles. The lowest BCUT2D eigenvalue weighted by Crippen LogP contribution is -2.42. The van der Waals surface area contributed by atoms with Gasteiger partial charge in [-0.1, -0.05) is 0 Å². The van der Waals surface area contributed by atoms with E-state index in [-0.39, 0.29) is 24.6 Å². The van der Waals surface area contributed by atoms with Crippen molar-refractivity contribution in [1.82, 2.24) is 4.31 Å². The molecule has 110 valence electrons. The van der Waals surface area contributed by atoms with Crippen molar-refractivity contribution < 1.29 is 26.9 Å². The Kier molecular flexibility index (Phi) is 4.21. The number of benzene rings is 1. The topological polar surface area (TPSA) is 91.8 Å². The zero-order valence-electron chi connectivity index (χ0n) is 10.3. The maximum absolute atomic E-state index is 13.2. The first-order chi connectivity index (χ1) is 9.32. The fourth-order valence-electron chi connectivity index (χ4n) is 1.89. The van der Waals surface area contributed by atoms with Gasteiger partial charge in [-0.25, -0.2) is 17.6 Å². The molecule has 1 aromatic rings. The number of carboxylic acid groups (broad SMARTS) is 1. The summed E-state index contributed by atoms with van der Waals surface area (Å²) in [7, 11) is -5.17. The molecule has 20 heavy (non-hydrogen) atoms. The van der Waals surface area contributed by atoms with E-state index in [1.807, 2.05) is 0 Å². The van der Waals surface area contributed by atoms with E-state index in [1.165, 1.54) is 0 Å². The average molecular weight is 321 g/mol.